The predicted molar refractivity (Wildman–Crippen MR) is 22.2 cm³/mol. The Morgan fingerprint density at radius 1 is 1.29 bits per heavy atom. The van der Waals surface area contributed by atoms with Crippen molar-refractivity contribution >= 4 is 33.5 Å². The minimum Gasteiger partial charge on any atom is -1.00 e. The van der Waals surface area contributed by atoms with E-state index < -0.39 is 10.4 Å². The summed E-state index contributed by atoms with van der Waals surface area (Å²) in [7, 11) is -4.67. The zero-order chi connectivity index (χ0) is 4.50. The minimum absolute atomic E-state index is 0. The van der Waals surface area contributed by atoms with Crippen LogP contribution in [0.5, 0.6) is 0 Å². The van der Waals surface area contributed by atoms with Crippen LogP contribution in [0.4, 0.5) is 0 Å². The zero-order valence-electron chi connectivity index (χ0n) is 5.14. The van der Waals surface area contributed by atoms with Crippen LogP contribution in [0.2, 0.25) is 0 Å². The molecule has 0 bridgehead atoms. The number of hydrogen-bond acceptors (Lipinski definition) is 2. The zero-order valence-corrected chi connectivity index (χ0v) is 6.36. The van der Waals surface area contributed by atoms with Crippen LogP contribution in [0.3, 0.4) is 0 Å². The molecule has 0 radical (unpaired) electrons. The summed E-state index contributed by atoms with van der Waals surface area (Å²) in [6.45, 7) is 0. The fourth-order valence-corrected chi connectivity index (χ4v) is 0. The van der Waals surface area contributed by atoms with E-state index in [0.717, 1.165) is 0 Å². The Hall–Kier alpha value is 1.13. The smallest absolute Gasteiger partial charge is 1.00 e. The van der Waals surface area contributed by atoms with E-state index in [1.165, 1.54) is 0 Å². The molecule has 7 heteroatoms. The van der Waals surface area contributed by atoms with Crippen molar-refractivity contribution in [3.63, 3.8) is 0 Å². The standard InChI is InChI=1S/Mg.Ni.H2O4S.2H/c;;1-5(2,3)4;;/h;;(H2,1,2,3,4);;/q+2;;;2*-1. The van der Waals surface area contributed by atoms with Crippen LogP contribution in [0.15, 0.2) is 0 Å². The van der Waals surface area contributed by atoms with Gasteiger partial charge in [0.1, 0.15) is 0 Å². The van der Waals surface area contributed by atoms with Crippen molar-refractivity contribution in [2.45, 2.75) is 0 Å². The average Bonchev–Trinajstić information content (AvgIpc) is 0.722. The van der Waals surface area contributed by atoms with Crippen LogP contribution in [0.25, 0.3) is 0 Å². The van der Waals surface area contributed by atoms with E-state index in [4.69, 9.17) is 17.5 Å². The van der Waals surface area contributed by atoms with E-state index in [-0.39, 0.29) is 42.4 Å². The summed E-state index contributed by atoms with van der Waals surface area (Å²) in [5.41, 5.74) is 0. The fraction of sp³-hybridized carbons (Fsp3) is 0. The Labute approximate surface area is 70.3 Å². The van der Waals surface area contributed by atoms with E-state index in [0.29, 0.717) is 0 Å². The van der Waals surface area contributed by atoms with Gasteiger partial charge < -0.3 is 2.85 Å². The van der Waals surface area contributed by atoms with Gasteiger partial charge in [0.15, 0.2) is 0 Å². The van der Waals surface area contributed by atoms with E-state index in [9.17, 15) is 0 Å². The molecule has 0 aliphatic heterocycles. The van der Waals surface area contributed by atoms with Gasteiger partial charge in [-0.3, -0.25) is 9.11 Å². The molecule has 0 aromatic rings. The van der Waals surface area contributed by atoms with Crippen LogP contribution >= 0.6 is 0 Å². The molecule has 7 heavy (non-hydrogen) atoms. The Morgan fingerprint density at radius 3 is 1.29 bits per heavy atom. The first-order chi connectivity index (χ1) is 2.00. The fourth-order valence-electron chi connectivity index (χ4n) is 0. The van der Waals surface area contributed by atoms with Crippen molar-refractivity contribution in [1.29, 1.82) is 0 Å². The van der Waals surface area contributed by atoms with Crippen LogP contribution < -0.4 is 0 Å². The Morgan fingerprint density at radius 2 is 1.29 bits per heavy atom. The van der Waals surface area contributed by atoms with E-state index in [2.05, 4.69) is 0 Å². The van der Waals surface area contributed by atoms with Crippen molar-refractivity contribution in [1.82, 2.24) is 0 Å². The van der Waals surface area contributed by atoms with Gasteiger partial charge in [0.2, 0.25) is 0 Å². The molecule has 46 valence electrons. The number of rotatable bonds is 0. The molecule has 0 saturated carbocycles. The Kier molecular flexibility index (Phi) is 11.8. The molecule has 0 spiro atoms. The normalized spacial score (nSPS) is 8.29. The largest absolute Gasteiger partial charge is 2.00 e. The summed E-state index contributed by atoms with van der Waals surface area (Å²) in [4.78, 5) is 0. The van der Waals surface area contributed by atoms with Gasteiger partial charge >= 0.3 is 33.5 Å². The predicted octanol–water partition coefficient (Wildman–Crippen LogP) is -0.811. The summed E-state index contributed by atoms with van der Waals surface area (Å²) < 4.78 is 31.6. The third-order valence-electron chi connectivity index (χ3n) is 0. The molecule has 0 saturated heterocycles. The molecule has 2 N–H and O–H groups in total. The van der Waals surface area contributed by atoms with Crippen molar-refractivity contribution in [2.24, 2.45) is 0 Å². The first-order valence-corrected chi connectivity index (χ1v) is 2.10. The maximum absolute atomic E-state index is 8.74. The van der Waals surface area contributed by atoms with Gasteiger partial charge in [-0.05, 0) is 0 Å². The quantitative estimate of drug-likeness (QED) is 0.380. The van der Waals surface area contributed by atoms with Gasteiger partial charge in [0, 0.05) is 16.5 Å². The minimum atomic E-state index is -4.67. The summed E-state index contributed by atoms with van der Waals surface area (Å²) >= 11 is 0. The molecule has 0 unspecified atom stereocenters. The average molecular weight is 183 g/mol. The maximum atomic E-state index is 8.74. The first kappa shape index (κ1) is 15.7. The SMILES string of the molecule is O=S(=O)(O)O.[H-].[H-].[Mg+2].[Ni]. The van der Waals surface area contributed by atoms with Gasteiger partial charge in [-0.1, -0.05) is 0 Å². The summed E-state index contributed by atoms with van der Waals surface area (Å²) in [5.74, 6) is 0. The maximum Gasteiger partial charge on any atom is 2.00 e. The summed E-state index contributed by atoms with van der Waals surface area (Å²) in [5, 5.41) is 0. The van der Waals surface area contributed by atoms with Crippen molar-refractivity contribution < 1.29 is 36.9 Å². The second-order valence-corrected chi connectivity index (χ2v) is 1.34. The molecule has 0 aliphatic rings. The van der Waals surface area contributed by atoms with Gasteiger partial charge in [0.25, 0.3) is 0 Å². The second-order valence-electron chi connectivity index (χ2n) is 0.448. The monoisotopic (exact) mass is 182 g/mol. The molecule has 0 atom stereocenters. The van der Waals surface area contributed by atoms with E-state index in [1.54, 1.807) is 0 Å². The molecule has 0 heterocycles. The Balaban J connectivity index is -0.0000000133. The van der Waals surface area contributed by atoms with Crippen molar-refractivity contribution in [2.75, 3.05) is 0 Å². The van der Waals surface area contributed by atoms with Crippen LogP contribution in [-0.2, 0) is 26.9 Å². The number of hydrogen-bond donors (Lipinski definition) is 2. The third kappa shape index (κ3) is 147. The molecular weight excluding hydrogens is 179 g/mol. The molecule has 0 fully saturated rings. The van der Waals surface area contributed by atoms with Gasteiger partial charge in [-0.25, -0.2) is 0 Å². The first-order valence-electron chi connectivity index (χ1n) is 0.698. The van der Waals surface area contributed by atoms with E-state index in [1.807, 2.05) is 0 Å². The second kappa shape index (κ2) is 5.27. The topological polar surface area (TPSA) is 74.6 Å². The summed E-state index contributed by atoms with van der Waals surface area (Å²) in [6.07, 6.45) is 0. The van der Waals surface area contributed by atoms with Crippen LogP contribution in [0.1, 0.15) is 2.85 Å². The third-order valence-corrected chi connectivity index (χ3v) is 0. The molecule has 0 aliphatic carbocycles. The molecule has 0 rings (SSSR count). The molecular formula is H4MgNiO4S. The van der Waals surface area contributed by atoms with Crippen molar-refractivity contribution in [3.8, 4) is 0 Å². The molecule has 0 amide bonds. The van der Waals surface area contributed by atoms with E-state index >= 15 is 0 Å². The molecule has 0 aromatic heterocycles. The molecule has 0 aromatic carbocycles. The van der Waals surface area contributed by atoms with Crippen LogP contribution in [-0.4, -0.2) is 40.6 Å². The van der Waals surface area contributed by atoms with Crippen molar-refractivity contribution in [3.05, 3.63) is 0 Å². The molecule has 4 nitrogen and oxygen atoms in total. The van der Waals surface area contributed by atoms with Gasteiger partial charge in [-0.15, -0.1) is 0 Å². The van der Waals surface area contributed by atoms with Crippen LogP contribution in [0, 0.1) is 0 Å². The summed E-state index contributed by atoms with van der Waals surface area (Å²) in [6, 6.07) is 0. The van der Waals surface area contributed by atoms with Gasteiger partial charge in [0.05, 0.1) is 0 Å². The van der Waals surface area contributed by atoms with Gasteiger partial charge in [-0.2, -0.15) is 8.42 Å². The Bertz CT molecular complexity index is 102.